The Morgan fingerprint density at radius 3 is 2.11 bits per heavy atom. The molecule has 17 heteroatoms. The number of aliphatic hydroxyl groups excluding tert-OH is 8. The first-order valence-electron chi connectivity index (χ1n) is 18.4. The third kappa shape index (κ3) is 8.45. The van der Waals surface area contributed by atoms with Crippen LogP contribution < -0.4 is 19.6 Å². The van der Waals surface area contributed by atoms with Crippen LogP contribution in [0, 0.1) is 0 Å². The molecule has 308 valence electrons. The summed E-state index contributed by atoms with van der Waals surface area (Å²) in [6.45, 7) is 6.17. The lowest BCUT2D eigenvalue weighted by Crippen LogP contribution is -2.60. The van der Waals surface area contributed by atoms with Crippen LogP contribution in [0.2, 0.25) is 0 Å². The second kappa shape index (κ2) is 17.4. The molecule has 0 unspecified atom stereocenters. The number of benzene rings is 2. The highest BCUT2D eigenvalue weighted by Crippen LogP contribution is 2.39. The molecular formula is C39H50O17. The number of allylic oxidation sites excluding steroid dienone is 2. The third-order valence-corrected chi connectivity index (χ3v) is 10.3. The Morgan fingerprint density at radius 2 is 1.45 bits per heavy atom. The number of aliphatic hydroxyl groups is 8. The molecule has 0 aliphatic carbocycles. The summed E-state index contributed by atoms with van der Waals surface area (Å²) in [6.07, 6.45) is -17.3. The summed E-state index contributed by atoms with van der Waals surface area (Å²) < 4.78 is 47.7. The number of fused-ring (bicyclic) bond motifs is 1. The molecule has 3 aliphatic rings. The highest BCUT2D eigenvalue weighted by Gasteiger charge is 2.47. The SMILES string of the molecule is COc1ccc(-c2oc3c(CC=C(C)C)c(O[C@H]4O[C@H](CO)[C@@H](O)[C@H](O)[C@H]4O)ccc3c(=O)c2O[C@@H]2O[C@H](C)[C@H](O)C[C@H]2O[C@H]2O[C@@H](C)[C@H](O)[C@@H](O)[C@H]2O)cc1. The average molecular weight is 791 g/mol. The lowest BCUT2D eigenvalue weighted by molar-refractivity contribution is -0.335. The quantitative estimate of drug-likeness (QED) is 0.121. The molecule has 8 N–H and O–H groups in total. The summed E-state index contributed by atoms with van der Waals surface area (Å²) in [6, 6.07) is 9.45. The lowest BCUT2D eigenvalue weighted by atomic mass is 9.99. The van der Waals surface area contributed by atoms with Gasteiger partial charge in [0.15, 0.2) is 12.1 Å². The molecule has 3 aromatic rings. The lowest BCUT2D eigenvalue weighted by Gasteiger charge is -2.43. The van der Waals surface area contributed by atoms with Crippen LogP contribution in [0.5, 0.6) is 17.2 Å². The van der Waals surface area contributed by atoms with E-state index in [0.29, 0.717) is 16.9 Å². The second-order valence-electron chi connectivity index (χ2n) is 14.5. The minimum atomic E-state index is -1.71. The maximum Gasteiger partial charge on any atom is 0.235 e. The van der Waals surface area contributed by atoms with Gasteiger partial charge in [0.2, 0.25) is 23.8 Å². The summed E-state index contributed by atoms with van der Waals surface area (Å²) in [7, 11) is 1.50. The van der Waals surface area contributed by atoms with Crippen molar-refractivity contribution >= 4 is 11.0 Å². The summed E-state index contributed by atoms with van der Waals surface area (Å²) >= 11 is 0. The van der Waals surface area contributed by atoms with E-state index in [0.717, 1.165) is 5.57 Å². The van der Waals surface area contributed by atoms with E-state index < -0.39 is 98.0 Å². The molecule has 6 rings (SSSR count). The van der Waals surface area contributed by atoms with Crippen LogP contribution in [0.25, 0.3) is 22.3 Å². The Bertz CT molecular complexity index is 1890. The van der Waals surface area contributed by atoms with Crippen molar-refractivity contribution in [3.05, 3.63) is 63.8 Å². The summed E-state index contributed by atoms with van der Waals surface area (Å²) in [5, 5.41) is 83.3. The molecule has 14 atom stereocenters. The fraction of sp³-hybridized carbons (Fsp3) is 0.564. The van der Waals surface area contributed by atoms with Gasteiger partial charge in [0, 0.05) is 17.5 Å². The minimum Gasteiger partial charge on any atom is -0.497 e. The molecule has 3 aliphatic heterocycles. The van der Waals surface area contributed by atoms with Crippen molar-refractivity contribution in [1.82, 2.24) is 0 Å². The molecule has 0 saturated carbocycles. The largest absolute Gasteiger partial charge is 0.497 e. The van der Waals surface area contributed by atoms with Gasteiger partial charge in [-0.3, -0.25) is 4.79 Å². The molecule has 3 fully saturated rings. The van der Waals surface area contributed by atoms with Gasteiger partial charge in [0.25, 0.3) is 0 Å². The Labute approximate surface area is 321 Å². The molecule has 56 heavy (non-hydrogen) atoms. The van der Waals surface area contributed by atoms with Crippen LogP contribution in [-0.4, -0.2) is 141 Å². The van der Waals surface area contributed by atoms with Crippen LogP contribution in [-0.2, 0) is 25.4 Å². The van der Waals surface area contributed by atoms with Gasteiger partial charge in [-0.1, -0.05) is 11.6 Å². The van der Waals surface area contributed by atoms with E-state index in [9.17, 15) is 45.6 Å². The third-order valence-electron chi connectivity index (χ3n) is 10.3. The Kier molecular flexibility index (Phi) is 13.1. The van der Waals surface area contributed by atoms with E-state index in [1.165, 1.54) is 26.2 Å². The van der Waals surface area contributed by atoms with Crippen LogP contribution in [0.4, 0.5) is 0 Å². The topological polar surface area (TPSA) is 257 Å². The van der Waals surface area contributed by atoms with Gasteiger partial charge in [0.1, 0.15) is 65.9 Å². The first-order chi connectivity index (χ1) is 26.6. The molecular weight excluding hydrogens is 740 g/mol. The first kappa shape index (κ1) is 41.9. The molecule has 0 spiro atoms. The van der Waals surface area contributed by atoms with Gasteiger partial charge in [-0.2, -0.15) is 0 Å². The van der Waals surface area contributed by atoms with E-state index in [1.54, 1.807) is 31.2 Å². The van der Waals surface area contributed by atoms with Crippen molar-refractivity contribution in [3.63, 3.8) is 0 Å². The van der Waals surface area contributed by atoms with Crippen molar-refractivity contribution in [2.75, 3.05) is 13.7 Å². The zero-order chi connectivity index (χ0) is 40.6. The van der Waals surface area contributed by atoms with Crippen molar-refractivity contribution in [3.8, 4) is 28.6 Å². The van der Waals surface area contributed by atoms with Crippen molar-refractivity contribution in [2.45, 2.75) is 127 Å². The standard InChI is InChI=1S/C39H50O17/c1-16(2)6-11-21-24(52-39-33(48)31(46)29(44)26(15-40)54-39)13-12-22-28(43)36(34(55-35(21)22)19-7-9-20(49-5)10-8-19)56-37-25(14-23(41)17(3)50-37)53-38-32(47)30(45)27(42)18(4)51-38/h6-10,12-13,17-18,23,25-27,29-33,37-42,44-48H,11,14-15H2,1-5H3/t17-,18+,23-,25-,26-,27+,29-,30-,31+,32-,33-,37+,38-,39+/m1/s1. The van der Waals surface area contributed by atoms with Crippen LogP contribution >= 0.6 is 0 Å². The monoisotopic (exact) mass is 790 g/mol. The molecule has 17 nitrogen and oxygen atoms in total. The molecule has 0 radical (unpaired) electrons. The van der Waals surface area contributed by atoms with Crippen molar-refractivity contribution in [2.24, 2.45) is 0 Å². The number of hydrogen-bond acceptors (Lipinski definition) is 17. The molecule has 1 aromatic heterocycles. The van der Waals surface area contributed by atoms with E-state index in [2.05, 4.69) is 0 Å². The van der Waals surface area contributed by atoms with Gasteiger partial charge in [-0.15, -0.1) is 0 Å². The zero-order valence-electron chi connectivity index (χ0n) is 31.5. The number of hydrogen-bond donors (Lipinski definition) is 8. The smallest absolute Gasteiger partial charge is 0.235 e. The van der Waals surface area contributed by atoms with Gasteiger partial charge in [0.05, 0.1) is 37.4 Å². The van der Waals surface area contributed by atoms with E-state index in [4.69, 9.17) is 37.6 Å². The number of methoxy groups -OCH3 is 1. The highest BCUT2D eigenvalue weighted by molar-refractivity contribution is 5.86. The normalized spacial score (nSPS) is 34.9. The Balaban J connectivity index is 1.46. The van der Waals surface area contributed by atoms with Crippen molar-refractivity contribution in [1.29, 1.82) is 0 Å². The predicted octanol–water partition coefficient (Wildman–Crippen LogP) is 0.243. The molecule has 2 aromatic carbocycles. The molecule has 0 amide bonds. The van der Waals surface area contributed by atoms with Crippen molar-refractivity contribution < 1.29 is 78.4 Å². The maximum absolute atomic E-state index is 14.7. The minimum absolute atomic E-state index is 0.0455. The van der Waals surface area contributed by atoms with Gasteiger partial charge in [-0.05, 0) is 70.5 Å². The fourth-order valence-corrected chi connectivity index (χ4v) is 6.79. The number of ether oxygens (including phenoxy) is 7. The van der Waals surface area contributed by atoms with Gasteiger partial charge < -0.3 is 78.4 Å². The summed E-state index contributed by atoms with van der Waals surface area (Å²) in [4.78, 5) is 14.7. The predicted molar refractivity (Wildman–Crippen MR) is 195 cm³/mol. The summed E-state index contributed by atoms with van der Waals surface area (Å²) in [5.74, 6) is 0.278. The van der Waals surface area contributed by atoms with Gasteiger partial charge in [-0.25, -0.2) is 0 Å². The Hall–Kier alpha value is -3.69. The molecule has 0 bridgehead atoms. The van der Waals surface area contributed by atoms with E-state index in [1.807, 2.05) is 19.9 Å². The molecule has 3 saturated heterocycles. The zero-order valence-corrected chi connectivity index (χ0v) is 31.5. The first-order valence-corrected chi connectivity index (χ1v) is 18.4. The van der Waals surface area contributed by atoms with E-state index >= 15 is 0 Å². The van der Waals surface area contributed by atoms with E-state index in [-0.39, 0.29) is 41.1 Å². The van der Waals surface area contributed by atoms with Crippen LogP contribution in [0.3, 0.4) is 0 Å². The van der Waals surface area contributed by atoms with Crippen LogP contribution in [0.15, 0.2) is 57.3 Å². The summed E-state index contributed by atoms with van der Waals surface area (Å²) in [5.41, 5.74) is 1.08. The average Bonchev–Trinajstić information content (AvgIpc) is 3.18. The number of rotatable bonds is 11. The van der Waals surface area contributed by atoms with Crippen LogP contribution in [0.1, 0.15) is 39.7 Å². The molecule has 4 heterocycles. The fourth-order valence-electron chi connectivity index (χ4n) is 6.79. The highest BCUT2D eigenvalue weighted by atomic mass is 16.8. The second-order valence-corrected chi connectivity index (χ2v) is 14.5. The maximum atomic E-state index is 14.7. The van der Waals surface area contributed by atoms with Gasteiger partial charge >= 0.3 is 0 Å². The Morgan fingerprint density at radius 1 is 0.786 bits per heavy atom.